The molecule has 0 aliphatic carbocycles. The summed E-state index contributed by atoms with van der Waals surface area (Å²) in [5.41, 5.74) is 2.92. The minimum atomic E-state index is -4.06. The topological polar surface area (TPSA) is 96.1 Å². The normalized spacial score (nSPS) is 12.1. The van der Waals surface area contributed by atoms with Gasteiger partial charge in [0.25, 0.3) is 10.0 Å². The number of imidazole rings is 1. The number of aromatic nitrogens is 2. The van der Waals surface area contributed by atoms with Gasteiger partial charge >= 0.3 is 0 Å². The predicted octanol–water partition coefficient (Wildman–Crippen LogP) is 5.46. The van der Waals surface area contributed by atoms with Gasteiger partial charge in [-0.05, 0) is 42.0 Å². The standard InChI is InChI=1S/C30H24N4O3S/c1-33-28-18-9-8-17-27(28)32-30(33)26(20-31)29(35)23-13-10-16-25(19-23)38(36,37)34(24-14-6-3-7-15-24)21-22-11-4-2-5-12-22/h2-19,26H,21H2,1H3/t26-/m0/s1. The molecular weight excluding hydrogens is 496 g/mol. The lowest BCUT2D eigenvalue weighted by Gasteiger charge is -2.25. The molecule has 0 N–H and O–H groups in total. The van der Waals surface area contributed by atoms with E-state index in [1.807, 2.05) is 60.7 Å². The number of aryl methyl sites for hydroxylation is 1. The number of sulfonamides is 1. The second-order valence-corrected chi connectivity index (χ2v) is 10.7. The van der Waals surface area contributed by atoms with Crippen molar-refractivity contribution < 1.29 is 13.2 Å². The van der Waals surface area contributed by atoms with Gasteiger partial charge in [0.2, 0.25) is 0 Å². The first kappa shape index (κ1) is 24.9. The van der Waals surface area contributed by atoms with Crippen molar-refractivity contribution in [3.05, 3.63) is 126 Å². The Morgan fingerprint density at radius 3 is 2.26 bits per heavy atom. The lowest BCUT2D eigenvalue weighted by atomic mass is 9.98. The number of nitriles is 1. The summed E-state index contributed by atoms with van der Waals surface area (Å²) in [4.78, 5) is 18.0. The molecule has 1 heterocycles. The molecule has 188 valence electrons. The zero-order valence-electron chi connectivity index (χ0n) is 20.6. The highest BCUT2D eigenvalue weighted by Gasteiger charge is 2.30. The molecule has 38 heavy (non-hydrogen) atoms. The van der Waals surface area contributed by atoms with E-state index in [9.17, 15) is 18.5 Å². The third-order valence-corrected chi connectivity index (χ3v) is 8.16. The molecule has 0 aliphatic rings. The highest BCUT2D eigenvalue weighted by Crippen LogP contribution is 2.28. The first-order chi connectivity index (χ1) is 18.4. The molecular formula is C30H24N4O3S. The molecule has 0 fully saturated rings. The Hall–Kier alpha value is -4.74. The van der Waals surface area contributed by atoms with Gasteiger partial charge in [-0.1, -0.05) is 72.8 Å². The van der Waals surface area contributed by atoms with Crippen molar-refractivity contribution in [1.29, 1.82) is 5.26 Å². The fourth-order valence-electron chi connectivity index (χ4n) is 4.42. The summed E-state index contributed by atoms with van der Waals surface area (Å²) in [6, 6.07) is 33.4. The smallest absolute Gasteiger partial charge is 0.264 e. The number of Topliss-reactive ketones (excluding diaryl/α,β-unsaturated/α-hetero) is 1. The van der Waals surface area contributed by atoms with Gasteiger partial charge in [0, 0.05) is 12.6 Å². The lowest BCUT2D eigenvalue weighted by molar-refractivity contribution is 0.0975. The van der Waals surface area contributed by atoms with Crippen molar-refractivity contribution in [1.82, 2.24) is 9.55 Å². The number of rotatable bonds is 8. The van der Waals surface area contributed by atoms with Crippen molar-refractivity contribution in [2.75, 3.05) is 4.31 Å². The molecule has 0 aliphatic heterocycles. The Morgan fingerprint density at radius 1 is 0.921 bits per heavy atom. The number of carbonyl (C=O) groups excluding carboxylic acids is 1. The molecule has 7 nitrogen and oxygen atoms in total. The van der Waals surface area contributed by atoms with Crippen LogP contribution >= 0.6 is 0 Å². The molecule has 1 aromatic heterocycles. The molecule has 5 rings (SSSR count). The van der Waals surface area contributed by atoms with Crippen LogP contribution in [0.3, 0.4) is 0 Å². The van der Waals surface area contributed by atoms with Crippen molar-refractivity contribution in [3.8, 4) is 6.07 Å². The molecule has 0 spiro atoms. The van der Waals surface area contributed by atoms with Crippen molar-refractivity contribution in [2.24, 2.45) is 7.05 Å². The van der Waals surface area contributed by atoms with Gasteiger partial charge in [0.1, 0.15) is 5.82 Å². The predicted molar refractivity (Wildman–Crippen MR) is 146 cm³/mol. The van der Waals surface area contributed by atoms with Gasteiger partial charge in [-0.15, -0.1) is 0 Å². The minimum Gasteiger partial charge on any atom is -0.330 e. The molecule has 1 atom stereocenters. The van der Waals surface area contributed by atoms with E-state index in [0.717, 1.165) is 11.1 Å². The number of hydrogen-bond acceptors (Lipinski definition) is 5. The molecule has 0 saturated carbocycles. The summed E-state index contributed by atoms with van der Waals surface area (Å²) in [6.45, 7) is 0.117. The van der Waals surface area contributed by atoms with Gasteiger partial charge < -0.3 is 4.57 Å². The lowest BCUT2D eigenvalue weighted by Crippen LogP contribution is -2.30. The van der Waals surface area contributed by atoms with Crippen LogP contribution in [-0.4, -0.2) is 23.8 Å². The molecule has 8 heteroatoms. The maximum absolute atomic E-state index is 13.9. The van der Waals surface area contributed by atoms with Crippen LogP contribution in [0.25, 0.3) is 11.0 Å². The first-order valence-corrected chi connectivity index (χ1v) is 13.4. The van der Waals surface area contributed by atoms with Crippen molar-refractivity contribution in [3.63, 3.8) is 0 Å². The summed E-state index contributed by atoms with van der Waals surface area (Å²) in [7, 11) is -2.30. The van der Waals surface area contributed by atoms with Crippen LogP contribution < -0.4 is 4.31 Å². The van der Waals surface area contributed by atoms with Crippen LogP contribution in [-0.2, 0) is 23.6 Å². The Morgan fingerprint density at radius 2 is 1.58 bits per heavy atom. The Balaban J connectivity index is 1.53. The summed E-state index contributed by atoms with van der Waals surface area (Å²) in [5, 5.41) is 9.94. The van der Waals surface area contributed by atoms with Gasteiger partial charge in [-0.3, -0.25) is 9.10 Å². The Labute approximate surface area is 221 Å². The number of anilines is 1. The molecule has 4 aromatic carbocycles. The van der Waals surface area contributed by atoms with Crippen LogP contribution in [0.15, 0.2) is 114 Å². The second-order valence-electron chi connectivity index (χ2n) is 8.80. The minimum absolute atomic E-state index is 0.0372. The SMILES string of the molecule is Cn1c([C@@H](C#N)C(=O)c2cccc(S(=O)(=O)N(Cc3ccccc3)c3ccccc3)c2)nc2ccccc21. The van der Waals surface area contributed by atoms with E-state index in [2.05, 4.69) is 11.1 Å². The van der Waals surface area contributed by atoms with E-state index in [4.69, 9.17) is 0 Å². The Bertz CT molecular complexity index is 1760. The molecule has 0 amide bonds. The van der Waals surface area contributed by atoms with Crippen LogP contribution in [0.2, 0.25) is 0 Å². The van der Waals surface area contributed by atoms with Crippen LogP contribution in [0.5, 0.6) is 0 Å². The number of carbonyl (C=O) groups is 1. The maximum Gasteiger partial charge on any atom is 0.264 e. The van der Waals surface area contributed by atoms with Gasteiger partial charge in [0.05, 0.1) is 34.2 Å². The van der Waals surface area contributed by atoms with E-state index in [-0.39, 0.29) is 17.0 Å². The number of fused-ring (bicyclic) bond motifs is 1. The fourth-order valence-corrected chi connectivity index (χ4v) is 5.92. The summed E-state index contributed by atoms with van der Waals surface area (Å²) in [5.74, 6) is -1.40. The van der Waals surface area contributed by atoms with Crippen molar-refractivity contribution in [2.45, 2.75) is 17.4 Å². The van der Waals surface area contributed by atoms with E-state index >= 15 is 0 Å². The highest BCUT2D eigenvalue weighted by atomic mass is 32.2. The number of nitrogens with zero attached hydrogens (tertiary/aromatic N) is 4. The molecule has 0 saturated heterocycles. The number of benzene rings is 4. The monoisotopic (exact) mass is 520 g/mol. The zero-order chi connectivity index (χ0) is 26.7. The van der Waals surface area contributed by atoms with E-state index < -0.39 is 21.7 Å². The maximum atomic E-state index is 13.9. The molecule has 0 bridgehead atoms. The average Bonchev–Trinajstić information content (AvgIpc) is 3.29. The second kappa shape index (κ2) is 10.3. The summed E-state index contributed by atoms with van der Waals surface area (Å²) >= 11 is 0. The number of hydrogen-bond donors (Lipinski definition) is 0. The molecule has 0 radical (unpaired) electrons. The van der Waals surface area contributed by atoms with E-state index in [1.165, 1.54) is 28.6 Å². The van der Waals surface area contributed by atoms with Crippen LogP contribution in [0, 0.1) is 11.3 Å². The highest BCUT2D eigenvalue weighted by molar-refractivity contribution is 7.92. The van der Waals surface area contributed by atoms with E-state index in [0.29, 0.717) is 17.0 Å². The van der Waals surface area contributed by atoms with Gasteiger partial charge in [-0.2, -0.15) is 5.26 Å². The summed E-state index contributed by atoms with van der Waals surface area (Å²) in [6.07, 6.45) is 0. The van der Waals surface area contributed by atoms with Gasteiger partial charge in [0.15, 0.2) is 11.7 Å². The number of para-hydroxylation sites is 3. The third kappa shape index (κ3) is 4.67. The summed E-state index contributed by atoms with van der Waals surface area (Å²) < 4.78 is 30.9. The largest absolute Gasteiger partial charge is 0.330 e. The third-order valence-electron chi connectivity index (χ3n) is 6.39. The zero-order valence-corrected chi connectivity index (χ0v) is 21.4. The van der Waals surface area contributed by atoms with Crippen molar-refractivity contribution >= 4 is 32.5 Å². The van der Waals surface area contributed by atoms with Crippen LogP contribution in [0.1, 0.15) is 27.7 Å². The van der Waals surface area contributed by atoms with E-state index in [1.54, 1.807) is 35.9 Å². The van der Waals surface area contributed by atoms with Crippen LogP contribution in [0.4, 0.5) is 5.69 Å². The molecule has 5 aromatic rings. The fraction of sp³-hybridized carbons (Fsp3) is 0.100. The number of ketones is 1. The first-order valence-electron chi connectivity index (χ1n) is 12.0. The van der Waals surface area contributed by atoms with Gasteiger partial charge in [-0.25, -0.2) is 13.4 Å². The Kier molecular flexibility index (Phi) is 6.77. The average molecular weight is 521 g/mol. The molecule has 0 unspecified atom stereocenters. The quantitative estimate of drug-likeness (QED) is 0.253.